The van der Waals surface area contributed by atoms with E-state index in [0.717, 1.165) is 19.4 Å². The van der Waals surface area contributed by atoms with Gasteiger partial charge in [-0.15, -0.1) is 0 Å². The van der Waals surface area contributed by atoms with Gasteiger partial charge in [0, 0.05) is 39.3 Å². The average molecular weight is 285 g/mol. The van der Waals surface area contributed by atoms with E-state index < -0.39 is 0 Å². The number of ether oxygens (including phenoxy) is 2. The fraction of sp³-hybridized carbons (Fsp3) is 0.929. The lowest BCUT2D eigenvalue weighted by Gasteiger charge is -2.39. The first kappa shape index (κ1) is 15.7. The number of rotatable bonds is 4. The van der Waals surface area contributed by atoms with Gasteiger partial charge < -0.3 is 20.1 Å². The molecule has 2 rings (SSSR count). The van der Waals surface area contributed by atoms with Crippen LogP contribution < -0.4 is 5.73 Å². The fourth-order valence-corrected chi connectivity index (χ4v) is 3.05. The monoisotopic (exact) mass is 285 g/mol. The zero-order chi connectivity index (χ0) is 14.5. The van der Waals surface area contributed by atoms with Crippen molar-refractivity contribution in [1.82, 2.24) is 9.80 Å². The Kier molecular flexibility index (Phi) is 5.77. The summed E-state index contributed by atoms with van der Waals surface area (Å²) in [5.74, 6) is 0.189. The number of carbonyl (C=O) groups excluding carboxylic acids is 1. The molecule has 0 saturated carbocycles. The van der Waals surface area contributed by atoms with E-state index in [-0.39, 0.29) is 24.2 Å². The molecule has 0 aromatic heterocycles. The van der Waals surface area contributed by atoms with E-state index >= 15 is 0 Å². The molecule has 2 N–H and O–H groups in total. The zero-order valence-electron chi connectivity index (χ0n) is 12.6. The highest BCUT2D eigenvalue weighted by molar-refractivity contribution is 5.78. The molecule has 6 heteroatoms. The van der Waals surface area contributed by atoms with Gasteiger partial charge in [-0.1, -0.05) is 0 Å². The molecule has 2 heterocycles. The highest BCUT2D eigenvalue weighted by Gasteiger charge is 2.30. The Morgan fingerprint density at radius 3 is 2.90 bits per heavy atom. The second kappa shape index (κ2) is 7.36. The van der Waals surface area contributed by atoms with Crippen LogP contribution in [-0.4, -0.2) is 80.4 Å². The van der Waals surface area contributed by atoms with Gasteiger partial charge in [0.05, 0.1) is 25.4 Å². The Hall–Kier alpha value is -0.690. The smallest absolute Gasteiger partial charge is 0.236 e. The van der Waals surface area contributed by atoms with Crippen molar-refractivity contribution >= 4 is 5.91 Å². The van der Waals surface area contributed by atoms with Crippen LogP contribution in [0.5, 0.6) is 0 Å². The van der Waals surface area contributed by atoms with Crippen molar-refractivity contribution < 1.29 is 14.3 Å². The van der Waals surface area contributed by atoms with Crippen molar-refractivity contribution in [3.63, 3.8) is 0 Å². The highest BCUT2D eigenvalue weighted by Crippen LogP contribution is 2.19. The van der Waals surface area contributed by atoms with Crippen LogP contribution >= 0.6 is 0 Å². The van der Waals surface area contributed by atoms with Gasteiger partial charge in [0.1, 0.15) is 0 Å². The fourth-order valence-electron chi connectivity index (χ4n) is 3.05. The van der Waals surface area contributed by atoms with Crippen LogP contribution in [0.2, 0.25) is 0 Å². The average Bonchev–Trinajstić information content (AvgIpc) is 2.47. The number of hydrogen-bond acceptors (Lipinski definition) is 5. The third-order valence-electron chi connectivity index (χ3n) is 4.33. The maximum atomic E-state index is 12.4. The Balaban J connectivity index is 1.86. The van der Waals surface area contributed by atoms with Gasteiger partial charge in [-0.2, -0.15) is 0 Å². The minimum Gasteiger partial charge on any atom is -0.381 e. The molecule has 20 heavy (non-hydrogen) atoms. The lowest BCUT2D eigenvalue weighted by molar-refractivity contribution is -0.140. The zero-order valence-corrected chi connectivity index (χ0v) is 12.6. The number of methoxy groups -OCH3 is 1. The van der Waals surface area contributed by atoms with E-state index in [2.05, 4.69) is 4.90 Å². The second-order valence-corrected chi connectivity index (χ2v) is 5.76. The number of hydrogen-bond donors (Lipinski definition) is 1. The highest BCUT2D eigenvalue weighted by atomic mass is 16.5. The first-order valence-electron chi connectivity index (χ1n) is 7.50. The number of morpholine rings is 1. The number of nitrogens with zero attached hydrogens (tertiary/aromatic N) is 2. The lowest BCUT2D eigenvalue weighted by Crippen LogP contribution is -2.54. The van der Waals surface area contributed by atoms with Crippen LogP contribution in [0.4, 0.5) is 0 Å². The topological polar surface area (TPSA) is 68.0 Å². The number of nitrogens with two attached hydrogens (primary N) is 1. The van der Waals surface area contributed by atoms with E-state index in [0.29, 0.717) is 32.8 Å². The Morgan fingerprint density at radius 1 is 1.45 bits per heavy atom. The van der Waals surface area contributed by atoms with Crippen LogP contribution in [0.15, 0.2) is 0 Å². The van der Waals surface area contributed by atoms with E-state index in [9.17, 15) is 4.79 Å². The normalized spacial score (nSPS) is 32.4. The Morgan fingerprint density at radius 2 is 2.25 bits per heavy atom. The van der Waals surface area contributed by atoms with E-state index in [1.54, 1.807) is 7.11 Å². The van der Waals surface area contributed by atoms with Crippen molar-refractivity contribution in [2.75, 3.05) is 46.4 Å². The number of amides is 1. The van der Waals surface area contributed by atoms with E-state index in [4.69, 9.17) is 15.2 Å². The molecule has 116 valence electrons. The Labute approximate surface area is 121 Å². The van der Waals surface area contributed by atoms with Crippen LogP contribution in [0, 0.1) is 0 Å². The summed E-state index contributed by atoms with van der Waals surface area (Å²) in [7, 11) is 1.74. The standard InChI is InChI=1S/C14H27N3O3/c1-11-9-17(5-6-20-11)14(18)10-16-4-3-13(19-2)7-12(16)8-15/h11-13H,3-10,15H2,1-2H3. The molecule has 2 fully saturated rings. The van der Waals surface area contributed by atoms with Crippen LogP contribution in [0.1, 0.15) is 19.8 Å². The van der Waals surface area contributed by atoms with Crippen LogP contribution in [0.25, 0.3) is 0 Å². The van der Waals surface area contributed by atoms with Gasteiger partial charge in [0.25, 0.3) is 0 Å². The molecule has 0 radical (unpaired) electrons. The van der Waals surface area contributed by atoms with E-state index in [1.807, 2.05) is 11.8 Å². The van der Waals surface area contributed by atoms with Crippen molar-refractivity contribution in [3.8, 4) is 0 Å². The molecule has 0 bridgehead atoms. The maximum Gasteiger partial charge on any atom is 0.236 e. The van der Waals surface area contributed by atoms with Gasteiger partial charge >= 0.3 is 0 Å². The van der Waals surface area contributed by atoms with Gasteiger partial charge in [0.15, 0.2) is 0 Å². The maximum absolute atomic E-state index is 12.4. The molecule has 0 aromatic rings. The van der Waals surface area contributed by atoms with Crippen LogP contribution in [-0.2, 0) is 14.3 Å². The van der Waals surface area contributed by atoms with Crippen molar-refractivity contribution in [2.45, 2.75) is 38.0 Å². The summed E-state index contributed by atoms with van der Waals surface area (Å²) in [6.07, 6.45) is 2.30. The Bertz CT molecular complexity index is 327. The molecule has 0 spiro atoms. The first-order chi connectivity index (χ1) is 9.63. The lowest BCUT2D eigenvalue weighted by atomic mass is 9.99. The summed E-state index contributed by atoms with van der Waals surface area (Å²) in [6, 6.07) is 0.246. The summed E-state index contributed by atoms with van der Waals surface area (Å²) in [4.78, 5) is 16.5. The summed E-state index contributed by atoms with van der Waals surface area (Å²) >= 11 is 0. The SMILES string of the molecule is COC1CCN(CC(=O)N2CCOC(C)C2)C(CN)C1. The molecule has 3 unspecified atom stereocenters. The molecule has 0 aliphatic carbocycles. The van der Waals surface area contributed by atoms with Gasteiger partial charge in [-0.25, -0.2) is 0 Å². The molecule has 3 atom stereocenters. The van der Waals surface area contributed by atoms with Gasteiger partial charge in [-0.3, -0.25) is 9.69 Å². The number of carbonyl (C=O) groups is 1. The first-order valence-corrected chi connectivity index (χ1v) is 7.50. The quantitative estimate of drug-likeness (QED) is 0.766. The second-order valence-electron chi connectivity index (χ2n) is 5.76. The minimum atomic E-state index is 0.136. The summed E-state index contributed by atoms with van der Waals surface area (Å²) in [5, 5.41) is 0. The van der Waals surface area contributed by atoms with E-state index in [1.165, 1.54) is 0 Å². The molecule has 1 amide bonds. The molecule has 2 saturated heterocycles. The number of likely N-dealkylation sites (tertiary alicyclic amines) is 1. The third-order valence-corrected chi connectivity index (χ3v) is 4.33. The van der Waals surface area contributed by atoms with Gasteiger partial charge in [0.2, 0.25) is 5.91 Å². The predicted molar refractivity (Wildman–Crippen MR) is 76.4 cm³/mol. The van der Waals surface area contributed by atoms with Crippen molar-refractivity contribution in [3.05, 3.63) is 0 Å². The summed E-state index contributed by atoms with van der Waals surface area (Å²) in [6.45, 7) is 5.96. The molecule has 2 aliphatic heterocycles. The number of piperidine rings is 1. The van der Waals surface area contributed by atoms with Crippen LogP contribution in [0.3, 0.4) is 0 Å². The summed E-state index contributed by atoms with van der Waals surface area (Å²) in [5.41, 5.74) is 5.84. The molecule has 2 aliphatic rings. The predicted octanol–water partition coefficient (Wildman–Crippen LogP) is -0.328. The van der Waals surface area contributed by atoms with Gasteiger partial charge in [-0.05, 0) is 19.8 Å². The molecular formula is C14H27N3O3. The largest absolute Gasteiger partial charge is 0.381 e. The summed E-state index contributed by atoms with van der Waals surface area (Å²) < 4.78 is 10.9. The molecule has 6 nitrogen and oxygen atoms in total. The molecule has 0 aromatic carbocycles. The third kappa shape index (κ3) is 3.91. The molecular weight excluding hydrogens is 258 g/mol. The van der Waals surface area contributed by atoms with Crippen molar-refractivity contribution in [2.24, 2.45) is 5.73 Å². The van der Waals surface area contributed by atoms with Crippen molar-refractivity contribution in [1.29, 1.82) is 0 Å². The minimum absolute atomic E-state index is 0.136.